The van der Waals surface area contributed by atoms with Gasteiger partial charge in [-0.15, -0.1) is 0 Å². The number of hydrogen-bond donors (Lipinski definition) is 2. The molecule has 66 heavy (non-hydrogen) atoms. The summed E-state index contributed by atoms with van der Waals surface area (Å²) >= 11 is 6.92. The van der Waals surface area contributed by atoms with Crippen molar-refractivity contribution in [1.29, 1.82) is 0 Å². The average molecular weight is 925 g/mol. The van der Waals surface area contributed by atoms with Crippen molar-refractivity contribution >= 4 is 28.4 Å². The monoisotopic (exact) mass is 923 g/mol. The number of ether oxygens (including phenoxy) is 6. The molecule has 0 spiro atoms. The Hall–Kier alpha value is -5.06. The van der Waals surface area contributed by atoms with Gasteiger partial charge >= 0.3 is 0 Å². The number of morpholine rings is 1. The molecule has 8 rings (SSSR count). The van der Waals surface area contributed by atoms with Crippen LogP contribution < -0.4 is 34.3 Å². The molecule has 3 aliphatic rings. The molecule has 5 aromatic rings. The Morgan fingerprint density at radius 3 is 2.14 bits per heavy atom. The molecular formula is C51H66ClN7O7. The fourth-order valence-electron chi connectivity index (χ4n) is 9.36. The zero-order valence-electron chi connectivity index (χ0n) is 39.0. The Morgan fingerprint density at radius 1 is 0.712 bits per heavy atom. The molecule has 3 saturated heterocycles. The number of nitrogens with zero attached hydrogens (tertiary/aromatic N) is 5. The second-order valence-corrected chi connectivity index (χ2v) is 17.8. The van der Waals surface area contributed by atoms with E-state index in [9.17, 15) is 4.79 Å². The fraction of sp³-hybridized carbons (Fsp3) is 0.471. The maximum absolute atomic E-state index is 13.6. The van der Waals surface area contributed by atoms with Crippen LogP contribution >= 0.6 is 11.6 Å². The minimum atomic E-state index is -0.300. The topological polar surface area (TPSA) is 114 Å². The molecule has 0 radical (unpaired) electrons. The number of rotatable bonds is 20. The summed E-state index contributed by atoms with van der Waals surface area (Å²) in [6.07, 6.45) is 2.95. The predicted molar refractivity (Wildman–Crippen MR) is 259 cm³/mol. The largest absolute Gasteiger partial charge is 0.497 e. The van der Waals surface area contributed by atoms with Gasteiger partial charge in [-0.1, -0.05) is 29.8 Å². The predicted octanol–water partition coefficient (Wildman–Crippen LogP) is 6.01. The molecular weight excluding hydrogens is 858 g/mol. The SMILES string of the molecule is COc1cc(CN2CCN(Cc3ccc4c(c3)c(-c3c(Cl)cccc3OC)cn4CCCNC(=O)C3CN(Cc4ccc(OC)c(OCCN5CCOCC5)c4)CCN3)CC2)cc(OC)c1. The molecule has 1 atom stereocenters. The molecule has 2 N–H and O–H groups in total. The average Bonchev–Trinajstić information content (AvgIpc) is 3.70. The van der Waals surface area contributed by atoms with Crippen molar-refractivity contribution in [1.82, 2.24) is 34.8 Å². The molecule has 3 aliphatic heterocycles. The van der Waals surface area contributed by atoms with Crippen LogP contribution in [0.2, 0.25) is 5.02 Å². The van der Waals surface area contributed by atoms with Gasteiger partial charge < -0.3 is 43.6 Å². The summed E-state index contributed by atoms with van der Waals surface area (Å²) < 4.78 is 36.4. The first kappa shape index (κ1) is 47.4. The lowest BCUT2D eigenvalue weighted by atomic mass is 10.0. The van der Waals surface area contributed by atoms with E-state index in [1.807, 2.05) is 30.3 Å². The van der Waals surface area contributed by atoms with Crippen LogP contribution in [0.1, 0.15) is 23.1 Å². The lowest BCUT2D eigenvalue weighted by Crippen LogP contribution is -2.56. The number of aromatic nitrogens is 1. The highest BCUT2D eigenvalue weighted by Gasteiger charge is 2.26. The van der Waals surface area contributed by atoms with Gasteiger partial charge in [0.2, 0.25) is 5.91 Å². The molecule has 15 heteroatoms. The first-order valence-corrected chi connectivity index (χ1v) is 23.6. The van der Waals surface area contributed by atoms with Crippen molar-refractivity contribution in [3.8, 4) is 39.9 Å². The number of amides is 1. The third-order valence-electron chi connectivity index (χ3n) is 13.0. The summed E-state index contributed by atoms with van der Waals surface area (Å²) in [7, 11) is 6.74. The number of piperazine rings is 2. The quantitative estimate of drug-likeness (QED) is 0.0893. The van der Waals surface area contributed by atoms with Crippen molar-refractivity contribution in [3.05, 3.63) is 101 Å². The number of carbonyl (C=O) groups excluding carboxylic acids is 1. The van der Waals surface area contributed by atoms with E-state index >= 15 is 0 Å². The summed E-state index contributed by atoms with van der Waals surface area (Å²) in [4.78, 5) is 23.2. The number of hydrogen-bond acceptors (Lipinski definition) is 12. The van der Waals surface area contributed by atoms with Crippen molar-refractivity contribution < 1.29 is 33.2 Å². The third kappa shape index (κ3) is 12.1. The van der Waals surface area contributed by atoms with E-state index in [2.05, 4.69) is 83.5 Å². The Morgan fingerprint density at radius 2 is 1.41 bits per heavy atom. The van der Waals surface area contributed by atoms with Crippen molar-refractivity contribution in [2.75, 3.05) is 120 Å². The normalized spacial score (nSPS) is 17.7. The van der Waals surface area contributed by atoms with Gasteiger partial charge in [0.1, 0.15) is 23.9 Å². The summed E-state index contributed by atoms with van der Waals surface area (Å²) in [5.41, 5.74) is 6.60. The number of fused-ring (bicyclic) bond motifs is 1. The zero-order valence-corrected chi connectivity index (χ0v) is 39.7. The van der Waals surface area contributed by atoms with Crippen LogP contribution in [0.4, 0.5) is 0 Å². The highest BCUT2D eigenvalue weighted by atomic mass is 35.5. The number of halogens is 1. The molecule has 1 amide bonds. The lowest BCUT2D eigenvalue weighted by Gasteiger charge is -2.34. The van der Waals surface area contributed by atoms with Crippen LogP contribution in [0.5, 0.6) is 28.7 Å². The molecule has 4 aromatic carbocycles. The van der Waals surface area contributed by atoms with E-state index in [1.165, 1.54) is 11.1 Å². The van der Waals surface area contributed by atoms with E-state index in [1.54, 1.807) is 28.4 Å². The summed E-state index contributed by atoms with van der Waals surface area (Å²) in [6, 6.07) is 24.5. The first-order chi connectivity index (χ1) is 32.3. The first-order valence-electron chi connectivity index (χ1n) is 23.2. The van der Waals surface area contributed by atoms with Gasteiger partial charge in [-0.05, 0) is 71.6 Å². The third-order valence-corrected chi connectivity index (χ3v) is 13.3. The molecule has 354 valence electrons. The number of methoxy groups -OCH3 is 4. The second kappa shape index (κ2) is 23.1. The minimum absolute atomic E-state index is 0.0198. The van der Waals surface area contributed by atoms with E-state index < -0.39 is 0 Å². The molecule has 1 aromatic heterocycles. The van der Waals surface area contributed by atoms with Crippen LogP contribution in [-0.4, -0.2) is 156 Å². The highest BCUT2D eigenvalue weighted by Crippen LogP contribution is 2.41. The van der Waals surface area contributed by atoms with Crippen molar-refractivity contribution in [2.24, 2.45) is 0 Å². The molecule has 3 fully saturated rings. The molecule has 1 unspecified atom stereocenters. The Bertz CT molecular complexity index is 2360. The number of nitrogens with one attached hydrogen (secondary N) is 2. The minimum Gasteiger partial charge on any atom is -0.497 e. The summed E-state index contributed by atoms with van der Waals surface area (Å²) in [5, 5.41) is 8.44. The van der Waals surface area contributed by atoms with Gasteiger partial charge in [0.15, 0.2) is 11.5 Å². The van der Waals surface area contributed by atoms with E-state index in [4.69, 9.17) is 40.0 Å². The maximum Gasteiger partial charge on any atom is 0.238 e. The van der Waals surface area contributed by atoms with E-state index in [0.29, 0.717) is 31.3 Å². The lowest BCUT2D eigenvalue weighted by molar-refractivity contribution is -0.124. The van der Waals surface area contributed by atoms with Crippen LogP contribution in [0.15, 0.2) is 79.0 Å². The van der Waals surface area contributed by atoms with Crippen LogP contribution in [0.3, 0.4) is 0 Å². The summed E-state index contributed by atoms with van der Waals surface area (Å²) in [5.74, 6) is 3.84. The van der Waals surface area contributed by atoms with Gasteiger partial charge in [-0.2, -0.15) is 0 Å². The smallest absolute Gasteiger partial charge is 0.238 e. The fourth-order valence-corrected chi connectivity index (χ4v) is 9.62. The Labute approximate surface area is 394 Å². The molecule has 14 nitrogen and oxygen atoms in total. The summed E-state index contributed by atoms with van der Waals surface area (Å²) in [6.45, 7) is 14.6. The van der Waals surface area contributed by atoms with E-state index in [0.717, 1.165) is 155 Å². The van der Waals surface area contributed by atoms with Crippen molar-refractivity contribution in [3.63, 3.8) is 0 Å². The van der Waals surface area contributed by atoms with Gasteiger partial charge in [0.05, 0.1) is 52.7 Å². The second-order valence-electron chi connectivity index (χ2n) is 17.4. The van der Waals surface area contributed by atoms with Crippen LogP contribution in [0.25, 0.3) is 22.0 Å². The van der Waals surface area contributed by atoms with Gasteiger partial charge in [0, 0.05) is 132 Å². The zero-order chi connectivity index (χ0) is 45.8. The van der Waals surface area contributed by atoms with Crippen LogP contribution in [0, 0.1) is 0 Å². The number of benzene rings is 4. The highest BCUT2D eigenvalue weighted by molar-refractivity contribution is 6.34. The Balaban J connectivity index is 0.865. The van der Waals surface area contributed by atoms with Gasteiger partial charge in [-0.25, -0.2) is 0 Å². The molecule has 0 bridgehead atoms. The van der Waals surface area contributed by atoms with Gasteiger partial charge in [-0.3, -0.25) is 24.4 Å². The standard InChI is InChI=1S/C51H66ClN7O7/c1-61-40-27-39(28-41(31-40)62-2)34-57-19-17-56(18-20-57)32-37-9-11-46-42(29-37)43(50-44(52)7-5-8-48(50)64-4)35-59(46)15-6-13-54-51(60)45-36-58(16-14-53-45)33-38-10-12-47(63-3)49(30-38)66-26-23-55-21-24-65-25-22-55/h5,7-12,27-31,35,45,53H,6,13-26,32-34,36H2,1-4H3,(H,54,60). The molecule has 0 saturated carbocycles. The molecule has 4 heterocycles. The van der Waals surface area contributed by atoms with Gasteiger partial charge in [0.25, 0.3) is 0 Å². The van der Waals surface area contributed by atoms with E-state index in [-0.39, 0.29) is 11.9 Å². The number of aryl methyl sites for hydroxylation is 1. The van der Waals surface area contributed by atoms with Crippen LogP contribution in [-0.2, 0) is 35.7 Å². The maximum atomic E-state index is 13.6. The number of carbonyl (C=O) groups is 1. The molecule has 0 aliphatic carbocycles. The Kier molecular flexibility index (Phi) is 16.6. The van der Waals surface area contributed by atoms with Crippen molar-refractivity contribution in [2.45, 2.75) is 38.6 Å².